The summed E-state index contributed by atoms with van der Waals surface area (Å²) < 4.78 is 5.29. The van der Waals surface area contributed by atoms with Crippen molar-refractivity contribution < 1.29 is 4.74 Å². The van der Waals surface area contributed by atoms with Crippen LogP contribution in [0.25, 0.3) is 0 Å². The zero-order chi connectivity index (χ0) is 13.4. The highest BCUT2D eigenvalue weighted by Crippen LogP contribution is 2.39. The van der Waals surface area contributed by atoms with Gasteiger partial charge in [0.15, 0.2) is 0 Å². The van der Waals surface area contributed by atoms with Crippen molar-refractivity contribution in [1.82, 2.24) is 0 Å². The second-order valence-corrected chi connectivity index (χ2v) is 6.65. The van der Waals surface area contributed by atoms with Crippen LogP contribution in [0.15, 0.2) is 24.3 Å². The van der Waals surface area contributed by atoms with Gasteiger partial charge in [0.05, 0.1) is 12.5 Å². The molecule has 0 fully saturated rings. The zero-order valence-corrected chi connectivity index (χ0v) is 12.8. The Balaban J connectivity index is 1.90. The number of methoxy groups -OCH3 is 1. The molecule has 0 spiro atoms. The third kappa shape index (κ3) is 2.39. The molecule has 0 amide bonds. The summed E-state index contributed by atoms with van der Waals surface area (Å²) in [7, 11) is 1.70. The van der Waals surface area contributed by atoms with Crippen LogP contribution in [0.5, 0.6) is 5.75 Å². The lowest BCUT2D eigenvalue weighted by Gasteiger charge is -2.11. The monoisotopic (exact) mass is 292 g/mol. The predicted octanol–water partition coefficient (Wildman–Crippen LogP) is 4.88. The maximum atomic E-state index is 6.64. The molecule has 3 rings (SSSR count). The molecule has 0 N–H and O–H groups in total. The van der Waals surface area contributed by atoms with Crippen LogP contribution >= 0.6 is 22.9 Å². The smallest absolute Gasteiger partial charge is 0.121 e. The molecule has 1 aliphatic carbocycles. The average molecular weight is 293 g/mol. The lowest BCUT2D eigenvalue weighted by Crippen LogP contribution is -1.93. The molecule has 0 saturated carbocycles. The average Bonchev–Trinajstić information content (AvgIpc) is 2.98. The Morgan fingerprint density at radius 3 is 2.79 bits per heavy atom. The number of alkyl halides is 1. The van der Waals surface area contributed by atoms with Crippen LogP contribution < -0.4 is 4.74 Å². The predicted molar refractivity (Wildman–Crippen MR) is 81.8 cm³/mol. The highest BCUT2D eigenvalue weighted by Gasteiger charge is 2.20. The SMILES string of the molecule is COc1ccc(C(Cl)c2cc3c(s2)CCC3)cc1C. The Kier molecular flexibility index (Phi) is 3.55. The van der Waals surface area contributed by atoms with E-state index in [2.05, 4.69) is 25.1 Å². The zero-order valence-electron chi connectivity index (χ0n) is 11.2. The number of fused-ring (bicyclic) bond motifs is 1. The van der Waals surface area contributed by atoms with Crippen LogP contribution in [-0.2, 0) is 12.8 Å². The molecule has 100 valence electrons. The van der Waals surface area contributed by atoms with Gasteiger partial charge in [-0.1, -0.05) is 12.1 Å². The van der Waals surface area contributed by atoms with Crippen molar-refractivity contribution in [1.29, 1.82) is 0 Å². The minimum absolute atomic E-state index is 0.0415. The first-order valence-corrected chi connectivity index (χ1v) is 7.84. The summed E-state index contributed by atoms with van der Waals surface area (Å²) in [6.45, 7) is 2.06. The third-order valence-corrected chi connectivity index (χ3v) is 5.65. The molecule has 0 aliphatic heterocycles. The van der Waals surface area contributed by atoms with Crippen molar-refractivity contribution >= 4 is 22.9 Å². The summed E-state index contributed by atoms with van der Waals surface area (Å²) >= 11 is 8.51. The van der Waals surface area contributed by atoms with E-state index >= 15 is 0 Å². The summed E-state index contributed by atoms with van der Waals surface area (Å²) in [5.41, 5.74) is 3.80. The van der Waals surface area contributed by atoms with Crippen molar-refractivity contribution in [2.24, 2.45) is 0 Å². The Labute approximate surface area is 123 Å². The van der Waals surface area contributed by atoms with Crippen molar-refractivity contribution in [2.75, 3.05) is 7.11 Å². The summed E-state index contributed by atoms with van der Waals surface area (Å²) in [6, 6.07) is 8.49. The molecular formula is C16H17ClOS. The van der Waals surface area contributed by atoms with Gasteiger partial charge in [-0.25, -0.2) is 0 Å². The van der Waals surface area contributed by atoms with E-state index in [9.17, 15) is 0 Å². The highest BCUT2D eigenvalue weighted by molar-refractivity contribution is 7.12. The molecule has 1 aromatic carbocycles. The fraction of sp³-hybridized carbons (Fsp3) is 0.375. The Hall–Kier alpha value is -0.990. The van der Waals surface area contributed by atoms with Gasteiger partial charge in [-0.05, 0) is 55.0 Å². The second kappa shape index (κ2) is 5.18. The summed E-state index contributed by atoms with van der Waals surface area (Å²) in [6.07, 6.45) is 3.75. The first-order valence-electron chi connectivity index (χ1n) is 6.59. The Bertz CT molecular complexity index is 581. The molecule has 19 heavy (non-hydrogen) atoms. The first kappa shape index (κ1) is 13.0. The van der Waals surface area contributed by atoms with E-state index in [-0.39, 0.29) is 5.38 Å². The molecule has 0 bridgehead atoms. The number of thiophene rings is 1. The minimum atomic E-state index is -0.0415. The number of hydrogen-bond acceptors (Lipinski definition) is 2. The second-order valence-electron chi connectivity index (χ2n) is 5.04. The quantitative estimate of drug-likeness (QED) is 0.733. The fourth-order valence-corrected chi connectivity index (χ4v) is 4.30. The molecular weight excluding hydrogens is 276 g/mol. The van der Waals surface area contributed by atoms with Gasteiger partial charge < -0.3 is 4.74 Å². The number of rotatable bonds is 3. The topological polar surface area (TPSA) is 9.23 Å². The van der Waals surface area contributed by atoms with E-state index in [1.54, 1.807) is 7.11 Å². The number of ether oxygens (including phenoxy) is 1. The molecule has 1 unspecified atom stereocenters. The molecule has 1 nitrogen and oxygen atoms in total. The van der Waals surface area contributed by atoms with Gasteiger partial charge in [-0.3, -0.25) is 0 Å². The van der Waals surface area contributed by atoms with Crippen molar-refractivity contribution in [3.63, 3.8) is 0 Å². The molecule has 3 heteroatoms. The fourth-order valence-electron chi connectivity index (χ4n) is 2.70. The van der Waals surface area contributed by atoms with Gasteiger partial charge in [-0.2, -0.15) is 0 Å². The molecule has 1 heterocycles. The van der Waals surface area contributed by atoms with Crippen LogP contribution in [0.1, 0.15) is 38.2 Å². The largest absolute Gasteiger partial charge is 0.496 e. The molecule has 1 aromatic heterocycles. The van der Waals surface area contributed by atoms with Crippen LogP contribution in [0.3, 0.4) is 0 Å². The van der Waals surface area contributed by atoms with Gasteiger partial charge in [-0.15, -0.1) is 22.9 Å². The maximum absolute atomic E-state index is 6.64. The minimum Gasteiger partial charge on any atom is -0.496 e. The molecule has 0 radical (unpaired) electrons. The van der Waals surface area contributed by atoms with E-state index in [0.717, 1.165) is 16.9 Å². The molecule has 1 atom stereocenters. The van der Waals surface area contributed by atoms with Crippen molar-refractivity contribution in [3.05, 3.63) is 50.7 Å². The lowest BCUT2D eigenvalue weighted by molar-refractivity contribution is 0.411. The number of benzene rings is 1. The van der Waals surface area contributed by atoms with Gasteiger partial charge in [0.25, 0.3) is 0 Å². The van der Waals surface area contributed by atoms with Crippen molar-refractivity contribution in [3.8, 4) is 5.75 Å². The standard InChI is InChI=1S/C16H17ClOS/c1-10-8-12(6-7-13(10)18-2)16(17)15-9-11-4-3-5-14(11)19-15/h6-9,16H,3-5H2,1-2H3. The van der Waals surface area contributed by atoms with Crippen LogP contribution in [0, 0.1) is 6.92 Å². The molecule has 2 aromatic rings. The first-order chi connectivity index (χ1) is 9.19. The van der Waals surface area contributed by atoms with Crippen LogP contribution in [-0.4, -0.2) is 7.11 Å². The van der Waals surface area contributed by atoms with Gasteiger partial charge in [0.1, 0.15) is 5.75 Å². The summed E-state index contributed by atoms with van der Waals surface area (Å²) in [5.74, 6) is 0.918. The van der Waals surface area contributed by atoms with E-state index in [0.29, 0.717) is 0 Å². The Morgan fingerprint density at radius 2 is 2.11 bits per heavy atom. The van der Waals surface area contributed by atoms with Gasteiger partial charge in [0.2, 0.25) is 0 Å². The molecule has 0 saturated heterocycles. The lowest BCUT2D eigenvalue weighted by atomic mass is 10.1. The Morgan fingerprint density at radius 1 is 1.26 bits per heavy atom. The van der Waals surface area contributed by atoms with E-state index in [1.807, 2.05) is 17.4 Å². The van der Waals surface area contributed by atoms with Crippen LogP contribution in [0.4, 0.5) is 0 Å². The summed E-state index contributed by atoms with van der Waals surface area (Å²) in [5, 5.41) is -0.0415. The van der Waals surface area contributed by atoms with Gasteiger partial charge in [0, 0.05) is 9.75 Å². The number of hydrogen-bond donors (Lipinski definition) is 0. The van der Waals surface area contributed by atoms with Crippen LogP contribution in [0.2, 0.25) is 0 Å². The highest BCUT2D eigenvalue weighted by atomic mass is 35.5. The summed E-state index contributed by atoms with van der Waals surface area (Å²) in [4.78, 5) is 2.81. The normalized spacial score (nSPS) is 15.3. The number of halogens is 1. The molecule has 1 aliphatic rings. The third-order valence-electron chi connectivity index (χ3n) is 3.73. The van der Waals surface area contributed by atoms with E-state index in [4.69, 9.17) is 16.3 Å². The van der Waals surface area contributed by atoms with E-state index in [1.165, 1.54) is 34.6 Å². The van der Waals surface area contributed by atoms with E-state index < -0.39 is 0 Å². The maximum Gasteiger partial charge on any atom is 0.121 e. The van der Waals surface area contributed by atoms with Crippen molar-refractivity contribution in [2.45, 2.75) is 31.6 Å². The van der Waals surface area contributed by atoms with Gasteiger partial charge >= 0.3 is 0 Å². The number of aryl methyl sites for hydroxylation is 3.